The number of likely N-dealkylation sites (N-methyl/N-ethyl adjacent to an activating group) is 1. The molecule has 0 atom stereocenters. The van der Waals surface area contributed by atoms with Gasteiger partial charge in [0.15, 0.2) is 0 Å². The highest BCUT2D eigenvalue weighted by molar-refractivity contribution is 6.30. The standard InChI is InChI=1S/C28H35ClN4O2/c1-21-26(31-28(35-21)24-8-10-25(29)11-9-24)20-33-17-13-23(14-18-33)27(34)30-15-19-32(2)16-12-22-6-4-3-5-7-22/h3-11,23H,12-20H2,1-2H3,(H,30,34). The van der Waals surface area contributed by atoms with Gasteiger partial charge in [0.05, 0.1) is 5.69 Å². The van der Waals surface area contributed by atoms with Gasteiger partial charge in [-0.05, 0) is 76.2 Å². The molecule has 1 aliphatic rings. The molecule has 3 aromatic rings. The molecule has 7 heteroatoms. The number of nitrogens with zero attached hydrogens (tertiary/aromatic N) is 3. The van der Waals surface area contributed by atoms with E-state index in [0.29, 0.717) is 17.5 Å². The van der Waals surface area contributed by atoms with Gasteiger partial charge in [0.1, 0.15) is 5.76 Å². The number of hydrogen-bond acceptors (Lipinski definition) is 5. The molecule has 186 valence electrons. The fourth-order valence-electron chi connectivity index (χ4n) is 4.45. The van der Waals surface area contributed by atoms with Crippen LogP contribution in [0.25, 0.3) is 11.5 Å². The van der Waals surface area contributed by atoms with Crippen molar-refractivity contribution in [2.24, 2.45) is 5.92 Å². The molecule has 4 rings (SSSR count). The molecule has 0 radical (unpaired) electrons. The van der Waals surface area contributed by atoms with E-state index in [0.717, 1.165) is 69.0 Å². The van der Waals surface area contributed by atoms with Crippen molar-refractivity contribution in [1.82, 2.24) is 20.1 Å². The summed E-state index contributed by atoms with van der Waals surface area (Å²) in [6.07, 6.45) is 2.77. The summed E-state index contributed by atoms with van der Waals surface area (Å²) in [6, 6.07) is 18.0. The van der Waals surface area contributed by atoms with E-state index in [1.165, 1.54) is 5.56 Å². The second-order valence-electron chi connectivity index (χ2n) is 9.41. The summed E-state index contributed by atoms with van der Waals surface area (Å²) in [6.45, 7) is 7.01. The van der Waals surface area contributed by atoms with Crippen LogP contribution in [0.15, 0.2) is 59.0 Å². The second-order valence-corrected chi connectivity index (χ2v) is 9.85. The van der Waals surface area contributed by atoms with E-state index in [1.54, 1.807) is 0 Å². The molecule has 1 aliphatic heterocycles. The number of aryl methyl sites for hydroxylation is 1. The lowest BCUT2D eigenvalue weighted by atomic mass is 9.96. The lowest BCUT2D eigenvalue weighted by Gasteiger charge is -2.31. The summed E-state index contributed by atoms with van der Waals surface area (Å²) in [5, 5.41) is 3.84. The van der Waals surface area contributed by atoms with Gasteiger partial charge >= 0.3 is 0 Å². The first-order chi connectivity index (χ1) is 17.0. The van der Waals surface area contributed by atoms with Gasteiger partial charge in [-0.3, -0.25) is 9.69 Å². The predicted molar refractivity (Wildman–Crippen MR) is 140 cm³/mol. The van der Waals surface area contributed by atoms with Crippen LogP contribution in [0.5, 0.6) is 0 Å². The Morgan fingerprint density at radius 3 is 2.54 bits per heavy atom. The molecule has 0 saturated carbocycles. The molecular weight excluding hydrogens is 460 g/mol. The molecule has 1 aromatic heterocycles. The van der Waals surface area contributed by atoms with Crippen molar-refractivity contribution >= 4 is 17.5 Å². The van der Waals surface area contributed by atoms with E-state index < -0.39 is 0 Å². The van der Waals surface area contributed by atoms with Crippen molar-refractivity contribution < 1.29 is 9.21 Å². The summed E-state index contributed by atoms with van der Waals surface area (Å²) in [5.41, 5.74) is 3.22. The number of nitrogens with one attached hydrogen (secondary N) is 1. The summed E-state index contributed by atoms with van der Waals surface area (Å²) < 4.78 is 5.90. The number of likely N-dealkylation sites (tertiary alicyclic amines) is 1. The maximum absolute atomic E-state index is 12.7. The van der Waals surface area contributed by atoms with Gasteiger partial charge in [0, 0.05) is 42.7 Å². The maximum atomic E-state index is 12.7. The van der Waals surface area contributed by atoms with Crippen molar-refractivity contribution in [3.05, 3.63) is 76.6 Å². The van der Waals surface area contributed by atoms with Crippen LogP contribution in [-0.2, 0) is 17.8 Å². The zero-order valence-corrected chi connectivity index (χ0v) is 21.4. The van der Waals surface area contributed by atoms with Crippen LogP contribution >= 0.6 is 11.6 Å². The predicted octanol–water partition coefficient (Wildman–Crippen LogP) is 4.81. The minimum absolute atomic E-state index is 0.0870. The number of amides is 1. The van der Waals surface area contributed by atoms with E-state index in [4.69, 9.17) is 21.0 Å². The minimum Gasteiger partial charge on any atom is -0.441 e. The van der Waals surface area contributed by atoms with Gasteiger partial charge in [-0.1, -0.05) is 41.9 Å². The van der Waals surface area contributed by atoms with Gasteiger partial charge in [0.25, 0.3) is 0 Å². The van der Waals surface area contributed by atoms with Crippen LogP contribution in [-0.4, -0.2) is 60.5 Å². The Labute approximate surface area is 213 Å². The quantitative estimate of drug-likeness (QED) is 0.438. The lowest BCUT2D eigenvalue weighted by Crippen LogP contribution is -2.42. The Balaban J connectivity index is 1.16. The van der Waals surface area contributed by atoms with Crippen LogP contribution in [0.4, 0.5) is 0 Å². The number of rotatable bonds is 10. The molecule has 1 amide bonds. The monoisotopic (exact) mass is 494 g/mol. The Bertz CT molecular complexity index is 1080. The third-order valence-corrected chi connectivity index (χ3v) is 6.99. The number of benzene rings is 2. The highest BCUT2D eigenvalue weighted by Crippen LogP contribution is 2.25. The summed E-state index contributed by atoms with van der Waals surface area (Å²) in [5.74, 6) is 1.73. The number of piperidine rings is 1. The topological polar surface area (TPSA) is 61.6 Å². The molecule has 1 fully saturated rings. The van der Waals surface area contributed by atoms with Crippen LogP contribution in [0, 0.1) is 12.8 Å². The number of carbonyl (C=O) groups is 1. The fraction of sp³-hybridized carbons (Fsp3) is 0.429. The fourth-order valence-corrected chi connectivity index (χ4v) is 4.57. The molecule has 0 bridgehead atoms. The van der Waals surface area contributed by atoms with Gasteiger partial charge in [-0.15, -0.1) is 0 Å². The second kappa shape index (κ2) is 12.3. The number of halogens is 1. The highest BCUT2D eigenvalue weighted by Gasteiger charge is 2.26. The molecule has 0 aliphatic carbocycles. The van der Waals surface area contributed by atoms with Crippen molar-refractivity contribution in [2.45, 2.75) is 32.7 Å². The Morgan fingerprint density at radius 1 is 1.11 bits per heavy atom. The lowest BCUT2D eigenvalue weighted by molar-refractivity contribution is -0.126. The van der Waals surface area contributed by atoms with Crippen molar-refractivity contribution in [3.63, 3.8) is 0 Å². The van der Waals surface area contributed by atoms with E-state index in [-0.39, 0.29) is 11.8 Å². The average Bonchev–Trinajstić information content (AvgIpc) is 3.24. The molecule has 2 aromatic carbocycles. The van der Waals surface area contributed by atoms with Crippen molar-refractivity contribution in [3.8, 4) is 11.5 Å². The zero-order chi connectivity index (χ0) is 24.6. The molecule has 35 heavy (non-hydrogen) atoms. The van der Waals surface area contributed by atoms with E-state index in [9.17, 15) is 4.79 Å². The molecule has 6 nitrogen and oxygen atoms in total. The molecule has 0 unspecified atom stereocenters. The Hall–Kier alpha value is -2.67. The van der Waals surface area contributed by atoms with Crippen molar-refractivity contribution in [2.75, 3.05) is 39.8 Å². The molecular formula is C28H35ClN4O2. The number of aromatic nitrogens is 1. The third-order valence-electron chi connectivity index (χ3n) is 6.73. The SMILES string of the molecule is Cc1oc(-c2ccc(Cl)cc2)nc1CN1CCC(C(=O)NCCN(C)CCc2ccccc2)CC1. The Kier molecular flexibility index (Phi) is 8.96. The highest BCUT2D eigenvalue weighted by atomic mass is 35.5. The first-order valence-electron chi connectivity index (χ1n) is 12.4. The van der Waals surface area contributed by atoms with E-state index in [2.05, 4.69) is 46.4 Å². The third kappa shape index (κ3) is 7.40. The summed E-state index contributed by atoms with van der Waals surface area (Å²) in [4.78, 5) is 22.0. The zero-order valence-electron chi connectivity index (χ0n) is 20.7. The summed E-state index contributed by atoms with van der Waals surface area (Å²) >= 11 is 5.99. The minimum atomic E-state index is 0.0870. The van der Waals surface area contributed by atoms with Gasteiger partial charge in [-0.25, -0.2) is 4.98 Å². The number of carbonyl (C=O) groups excluding carboxylic acids is 1. The molecule has 1 N–H and O–H groups in total. The first-order valence-corrected chi connectivity index (χ1v) is 12.8. The Morgan fingerprint density at radius 2 is 1.83 bits per heavy atom. The number of oxazole rings is 1. The average molecular weight is 495 g/mol. The van der Waals surface area contributed by atoms with E-state index in [1.807, 2.05) is 37.3 Å². The molecule has 2 heterocycles. The van der Waals surface area contributed by atoms with Crippen LogP contribution < -0.4 is 5.32 Å². The maximum Gasteiger partial charge on any atom is 0.226 e. The van der Waals surface area contributed by atoms with Gasteiger partial charge < -0.3 is 14.6 Å². The van der Waals surface area contributed by atoms with Crippen molar-refractivity contribution in [1.29, 1.82) is 0 Å². The molecule has 0 spiro atoms. The van der Waals surface area contributed by atoms with Crippen LogP contribution in [0.1, 0.15) is 29.9 Å². The van der Waals surface area contributed by atoms with Gasteiger partial charge in [-0.2, -0.15) is 0 Å². The number of hydrogen-bond donors (Lipinski definition) is 1. The first kappa shape index (κ1) is 25.4. The largest absolute Gasteiger partial charge is 0.441 e. The van der Waals surface area contributed by atoms with Crippen LogP contribution in [0.3, 0.4) is 0 Å². The summed E-state index contributed by atoms with van der Waals surface area (Å²) in [7, 11) is 2.11. The van der Waals surface area contributed by atoms with Gasteiger partial charge in [0.2, 0.25) is 11.8 Å². The van der Waals surface area contributed by atoms with Crippen LogP contribution in [0.2, 0.25) is 5.02 Å². The van der Waals surface area contributed by atoms with E-state index >= 15 is 0 Å². The normalized spacial score (nSPS) is 15.0. The smallest absolute Gasteiger partial charge is 0.226 e. The molecule has 1 saturated heterocycles.